The minimum absolute atomic E-state index is 0.0830. The molecule has 7 nitrogen and oxygen atoms in total. The van der Waals surface area contributed by atoms with Crippen LogP contribution in [0.1, 0.15) is 144 Å². The first-order valence-electron chi connectivity index (χ1n) is 24.8. The van der Waals surface area contributed by atoms with Crippen LogP contribution in [0.3, 0.4) is 0 Å². The van der Waals surface area contributed by atoms with Gasteiger partial charge in [0.15, 0.2) is 8.32 Å². The van der Waals surface area contributed by atoms with E-state index in [2.05, 4.69) is 144 Å². The third-order valence-electron chi connectivity index (χ3n) is 17.8. The molecule has 1 amide bonds. The van der Waals surface area contributed by atoms with Crippen LogP contribution in [-0.2, 0) is 15.8 Å². The van der Waals surface area contributed by atoms with Crippen LogP contribution in [0.4, 0.5) is 4.79 Å². The fourth-order valence-electron chi connectivity index (χ4n) is 13.0. The molecular weight excluding hydrogens is 1250 g/mol. The molecular formula is C49H85B2I4N3O4Si-2. The second kappa shape index (κ2) is 24.7. The van der Waals surface area contributed by atoms with Crippen LogP contribution in [0.5, 0.6) is 0 Å². The zero-order chi connectivity index (χ0) is 46.3. The summed E-state index contributed by atoms with van der Waals surface area (Å²) in [6.07, 6.45) is 16.8. The van der Waals surface area contributed by atoms with Crippen molar-refractivity contribution < 1.29 is 54.0 Å². The van der Waals surface area contributed by atoms with Crippen LogP contribution in [-0.4, -0.2) is 89.5 Å². The van der Waals surface area contributed by atoms with Crippen molar-refractivity contribution in [1.82, 2.24) is 11.0 Å². The molecule has 5 rings (SSSR count). The Hall–Kier alpha value is 1.76. The average Bonchev–Trinajstić information content (AvgIpc) is 3.58. The van der Waals surface area contributed by atoms with Crippen LogP contribution in [0.25, 0.3) is 0 Å². The van der Waals surface area contributed by atoms with Crippen LogP contribution < -0.4 is 35.0 Å². The molecule has 1 N–H and O–H groups in total. The van der Waals surface area contributed by atoms with Gasteiger partial charge < -0.3 is 4.43 Å². The van der Waals surface area contributed by atoms with Crippen molar-refractivity contribution >= 4 is 66.3 Å². The Bertz CT molecular complexity index is 1570. The van der Waals surface area contributed by atoms with Gasteiger partial charge in [-0.05, 0) is 30.5 Å². The van der Waals surface area contributed by atoms with Crippen molar-refractivity contribution in [2.75, 3.05) is 26.2 Å². The number of unbranched alkanes of at least 4 members (excludes halogenated alkanes) is 1. The molecule has 0 spiro atoms. The summed E-state index contributed by atoms with van der Waals surface area (Å²) in [6.45, 7) is 31.1. The van der Waals surface area contributed by atoms with Gasteiger partial charge in [-0.2, -0.15) is 0 Å². The summed E-state index contributed by atoms with van der Waals surface area (Å²) in [5, 5.41) is 10.9. The van der Waals surface area contributed by atoms with Gasteiger partial charge in [0.05, 0.1) is 0 Å². The quantitative estimate of drug-likeness (QED) is 0.0561. The predicted octanol–water partition coefficient (Wildman–Crippen LogP) is 6.86. The summed E-state index contributed by atoms with van der Waals surface area (Å²) < 4.78 is 19.1. The molecule has 5 unspecified atom stereocenters. The predicted molar refractivity (Wildman–Crippen MR) is 277 cm³/mol. The molecule has 2 radical (unpaired) electrons. The van der Waals surface area contributed by atoms with E-state index in [0.29, 0.717) is 52.8 Å². The third-order valence-corrected chi connectivity index (χ3v) is 31.5. The van der Waals surface area contributed by atoms with Crippen LogP contribution in [0.2, 0.25) is 25.0 Å². The summed E-state index contributed by atoms with van der Waals surface area (Å²) in [7, 11) is 3.25. The molecule has 4 saturated carbocycles. The summed E-state index contributed by atoms with van der Waals surface area (Å²) in [6, 6.07) is 11.6. The van der Waals surface area contributed by atoms with Crippen molar-refractivity contribution in [3.63, 3.8) is 0 Å². The zero-order valence-electron chi connectivity index (χ0n) is 41.1. The number of fused-ring (bicyclic) bond motifs is 5. The number of hydrogen-bond donors (Lipinski definition) is 1. The van der Waals surface area contributed by atoms with Crippen molar-refractivity contribution in [3.05, 3.63) is 35.9 Å². The van der Waals surface area contributed by atoms with Crippen molar-refractivity contribution in [2.24, 2.45) is 52.3 Å². The molecule has 0 aliphatic heterocycles. The van der Waals surface area contributed by atoms with E-state index in [1.807, 2.05) is 6.82 Å². The van der Waals surface area contributed by atoms with E-state index in [-0.39, 0.29) is 45.9 Å². The van der Waals surface area contributed by atoms with E-state index in [0.717, 1.165) is 69.8 Å². The monoisotopic (exact) mass is 1340 g/mol. The Kier molecular flexibility index (Phi) is 21.9. The van der Waals surface area contributed by atoms with Gasteiger partial charge in [-0.15, -0.1) is 0 Å². The minimum atomic E-state index is -1.83. The summed E-state index contributed by atoms with van der Waals surface area (Å²) in [5.41, 5.74) is 2.07. The van der Waals surface area contributed by atoms with E-state index in [4.69, 9.17) is 17.0 Å². The molecule has 1 aromatic carbocycles. The number of benzene rings is 1. The van der Waals surface area contributed by atoms with Crippen molar-refractivity contribution in [2.45, 2.75) is 189 Å². The molecule has 360 valence electrons. The Morgan fingerprint density at radius 3 is 2.19 bits per heavy atom. The van der Waals surface area contributed by atoms with E-state index < -0.39 is 15.4 Å². The molecule has 4 fully saturated rings. The first-order chi connectivity index (χ1) is 29.7. The van der Waals surface area contributed by atoms with E-state index in [1.165, 1.54) is 69.8 Å². The standard InChI is InChI=1S/C49H85B2I4N3O4Si/c1-35(2)43(62-63(10,11)47(4,5)6)23-20-36(3)40-21-22-41-45-42(25-27-49(40,41)8)48(7)26-24-39(32-38(48)33-44(45)61-34-37-18-13-12-14-19-37)57(54-52)31-17-29-56(51(9)60)28-15-16-30-58(55-53)46(50)59/h12-14,18-19,35-36,38-45,60H,15-17,20-34H2,1-11H3/q-2/t36-,38?,39+,40+,41?,42?,43?,44-,45?,48-,49+/m0/s1. The fraction of sp³-hybridized carbons (Fsp3) is 0.857. The molecule has 1 aromatic rings. The number of carbonyl (C=O) groups excluding carboxylic acids is 1. The van der Waals surface area contributed by atoms with Crippen LogP contribution in [0.15, 0.2) is 30.3 Å². The zero-order valence-corrected chi connectivity index (χ0v) is 50.7. The molecule has 4 aliphatic carbocycles. The topological polar surface area (TPSA) is 65.5 Å². The van der Waals surface area contributed by atoms with Gasteiger partial charge in [-0.3, -0.25) is 0 Å². The molecule has 0 aromatic heterocycles. The van der Waals surface area contributed by atoms with Gasteiger partial charge in [0, 0.05) is 6.10 Å². The first kappa shape index (κ1) is 55.7. The maximum absolute atomic E-state index is 11.7. The molecule has 63 heavy (non-hydrogen) atoms. The molecule has 11 atom stereocenters. The number of nitrogens with zero attached hydrogens (tertiary/aromatic N) is 3. The van der Waals surface area contributed by atoms with Gasteiger partial charge in [0.2, 0.25) is 0 Å². The Morgan fingerprint density at radius 2 is 1.57 bits per heavy atom. The van der Waals surface area contributed by atoms with Gasteiger partial charge in [-0.25, -0.2) is 0 Å². The third kappa shape index (κ3) is 14.0. The van der Waals surface area contributed by atoms with Crippen LogP contribution >= 0.6 is 37.2 Å². The Balaban J connectivity index is 1.26. The van der Waals surface area contributed by atoms with Crippen molar-refractivity contribution in [1.29, 1.82) is 0 Å². The molecule has 0 saturated heterocycles. The maximum atomic E-state index is 11.7. The molecule has 0 heterocycles. The van der Waals surface area contributed by atoms with Crippen molar-refractivity contribution in [3.8, 4) is 0 Å². The second-order valence-electron chi connectivity index (χ2n) is 22.8. The number of hydrogen-bond acceptors (Lipinski definition) is 6. The van der Waals surface area contributed by atoms with Crippen LogP contribution in [0, 0.1) is 52.3 Å². The second-order valence-corrected chi connectivity index (χ2v) is 35.6. The number of rotatable bonds is 23. The SMILES string of the molecule is [B]C(=O)N(CCCCN(CCCN([I-]I)[C@@H]1CC[C@@]2(C)C(C1)C[C@H](OCc1ccccc1)C1C2CC[C@@]2(C)C1CC[C@@H]2[C@@H](C)CCC(O[Si](C)(C)C(C)(C)C)C(C)C)B(C)O)[I-]I. The van der Waals surface area contributed by atoms with Gasteiger partial charge in [0.25, 0.3) is 0 Å². The van der Waals surface area contributed by atoms with E-state index >= 15 is 0 Å². The van der Waals surface area contributed by atoms with Gasteiger partial charge in [-0.1, -0.05) is 34.6 Å². The average molecular weight is 1340 g/mol. The van der Waals surface area contributed by atoms with E-state index in [9.17, 15) is 9.82 Å². The molecule has 0 bridgehead atoms. The fourth-order valence-corrected chi connectivity index (χ4v) is 22.2. The summed E-state index contributed by atoms with van der Waals surface area (Å²) >= 11 is 4.57. The Morgan fingerprint density at radius 1 is 0.921 bits per heavy atom. The van der Waals surface area contributed by atoms with Gasteiger partial charge >= 0.3 is 350 Å². The number of carbonyl (C=O) groups is 1. The molecule has 4 aliphatic rings. The first-order valence-corrected chi connectivity index (χ1v) is 42.2. The summed E-state index contributed by atoms with van der Waals surface area (Å²) in [4.78, 5) is 13.9. The number of ether oxygens (including phenoxy) is 1. The Labute approximate surface area is 429 Å². The number of amides is 1. The number of halogens is 4. The summed E-state index contributed by atoms with van der Waals surface area (Å²) in [5.74, 6) is 4.56. The van der Waals surface area contributed by atoms with E-state index in [1.54, 1.807) is 3.11 Å². The van der Waals surface area contributed by atoms with Gasteiger partial charge in [0.1, 0.15) is 0 Å². The molecule has 14 heteroatoms. The normalized spacial score (nSPS) is 31.0.